The van der Waals surface area contributed by atoms with Gasteiger partial charge in [0.25, 0.3) is 5.91 Å². The second kappa shape index (κ2) is 10.5. The summed E-state index contributed by atoms with van der Waals surface area (Å²) in [6.45, 7) is 4.77. The van der Waals surface area contributed by atoms with E-state index in [1.807, 2.05) is 18.3 Å². The number of aromatic nitrogens is 1. The first-order valence-electron chi connectivity index (χ1n) is 12.4. The summed E-state index contributed by atoms with van der Waals surface area (Å²) < 4.78 is 37.4. The van der Waals surface area contributed by atoms with Gasteiger partial charge in [-0.15, -0.1) is 0 Å². The van der Waals surface area contributed by atoms with Gasteiger partial charge in [-0.1, -0.05) is 13.3 Å². The smallest absolute Gasteiger partial charge is 0.250 e. The summed E-state index contributed by atoms with van der Waals surface area (Å²) in [7, 11) is 0.0560. The Kier molecular flexibility index (Phi) is 7.61. The van der Waals surface area contributed by atoms with Crippen LogP contribution < -0.4 is 15.2 Å². The molecule has 0 aliphatic carbocycles. The number of nitrogens with one attached hydrogen (secondary N) is 1. The zero-order valence-electron chi connectivity index (χ0n) is 21.4. The standard InChI is InChI=1S/C27H35N3O5S/c1-5-7-18-12-19(15-24(34-3)26(18)35-4)20-13-21-23(16-29-25(21)22(14-20)27(28)31)17-8-10-30(11-9-17)36(32,33)6-2/h12-17,29H,5-11H2,1-4H3,(H2,28,31). The van der Waals surface area contributed by atoms with Crippen molar-refractivity contribution in [2.45, 2.75) is 45.4 Å². The van der Waals surface area contributed by atoms with Crippen LogP contribution in [0.4, 0.5) is 0 Å². The maximum absolute atomic E-state index is 12.4. The lowest BCUT2D eigenvalue weighted by Gasteiger charge is -2.31. The third-order valence-corrected chi connectivity index (χ3v) is 9.03. The van der Waals surface area contributed by atoms with E-state index in [9.17, 15) is 13.2 Å². The fourth-order valence-electron chi connectivity index (χ4n) is 5.24. The van der Waals surface area contributed by atoms with E-state index in [-0.39, 0.29) is 11.7 Å². The van der Waals surface area contributed by atoms with E-state index in [0.717, 1.165) is 59.1 Å². The number of nitrogens with zero attached hydrogens (tertiary/aromatic N) is 1. The summed E-state index contributed by atoms with van der Waals surface area (Å²) >= 11 is 0. The molecule has 194 valence electrons. The van der Waals surface area contributed by atoms with Crippen molar-refractivity contribution >= 4 is 26.8 Å². The Hall–Kier alpha value is -3.04. The van der Waals surface area contributed by atoms with Crippen LogP contribution in [0.3, 0.4) is 0 Å². The highest BCUT2D eigenvalue weighted by Gasteiger charge is 2.29. The number of rotatable bonds is 9. The normalized spacial score (nSPS) is 15.3. The molecule has 0 bridgehead atoms. The molecule has 2 aromatic carbocycles. The molecule has 1 aromatic heterocycles. The molecule has 2 heterocycles. The maximum Gasteiger partial charge on any atom is 0.250 e. The molecule has 1 fully saturated rings. The summed E-state index contributed by atoms with van der Waals surface area (Å²) in [5, 5.41) is 0.935. The number of carbonyl (C=O) groups excluding carboxylic acids is 1. The van der Waals surface area contributed by atoms with Crippen LogP contribution in [0.1, 0.15) is 60.5 Å². The number of carbonyl (C=O) groups is 1. The number of methoxy groups -OCH3 is 2. The van der Waals surface area contributed by atoms with E-state index in [1.54, 1.807) is 25.4 Å². The molecule has 9 heteroatoms. The quantitative estimate of drug-likeness (QED) is 0.439. The molecular weight excluding hydrogens is 478 g/mol. The first kappa shape index (κ1) is 26.0. The fourth-order valence-corrected chi connectivity index (χ4v) is 6.38. The van der Waals surface area contributed by atoms with Gasteiger partial charge in [-0.3, -0.25) is 4.79 Å². The third-order valence-electron chi connectivity index (χ3n) is 7.15. The van der Waals surface area contributed by atoms with Gasteiger partial charge in [-0.2, -0.15) is 0 Å². The van der Waals surface area contributed by atoms with Gasteiger partial charge < -0.3 is 20.2 Å². The molecule has 1 saturated heterocycles. The van der Waals surface area contributed by atoms with Crippen LogP contribution >= 0.6 is 0 Å². The number of nitrogens with two attached hydrogens (primary N) is 1. The molecule has 0 saturated carbocycles. The summed E-state index contributed by atoms with van der Waals surface area (Å²) in [6, 6.07) is 7.90. The number of sulfonamides is 1. The summed E-state index contributed by atoms with van der Waals surface area (Å²) in [5.41, 5.74) is 10.8. The van der Waals surface area contributed by atoms with Gasteiger partial charge in [-0.25, -0.2) is 12.7 Å². The molecule has 1 amide bonds. The number of aromatic amines is 1. The second-order valence-electron chi connectivity index (χ2n) is 9.25. The van der Waals surface area contributed by atoms with Crippen LogP contribution in [-0.2, 0) is 16.4 Å². The lowest BCUT2D eigenvalue weighted by atomic mass is 9.88. The Balaban J connectivity index is 1.80. The van der Waals surface area contributed by atoms with Crippen LogP contribution in [0.15, 0.2) is 30.5 Å². The number of fused-ring (bicyclic) bond motifs is 1. The minimum Gasteiger partial charge on any atom is -0.493 e. The zero-order valence-corrected chi connectivity index (χ0v) is 22.2. The van der Waals surface area contributed by atoms with Crippen LogP contribution in [-0.4, -0.2) is 56.7 Å². The summed E-state index contributed by atoms with van der Waals surface area (Å²) in [5.74, 6) is 1.14. The van der Waals surface area contributed by atoms with Crippen molar-refractivity contribution in [2.24, 2.45) is 5.73 Å². The van der Waals surface area contributed by atoms with Crippen LogP contribution in [0, 0.1) is 0 Å². The second-order valence-corrected chi connectivity index (χ2v) is 11.5. The monoisotopic (exact) mass is 513 g/mol. The topological polar surface area (TPSA) is 115 Å². The van der Waals surface area contributed by atoms with E-state index in [1.165, 1.54) is 0 Å². The average Bonchev–Trinajstić information content (AvgIpc) is 3.31. The molecule has 0 unspecified atom stereocenters. The van der Waals surface area contributed by atoms with Crippen molar-refractivity contribution in [3.63, 3.8) is 0 Å². The van der Waals surface area contributed by atoms with Crippen molar-refractivity contribution in [2.75, 3.05) is 33.1 Å². The first-order chi connectivity index (χ1) is 17.2. The number of primary amides is 1. The predicted octanol–water partition coefficient (Wildman–Crippen LogP) is 4.43. The maximum atomic E-state index is 12.4. The number of H-pyrrole nitrogens is 1. The minimum atomic E-state index is -3.20. The van der Waals surface area contributed by atoms with Gasteiger partial charge >= 0.3 is 0 Å². The van der Waals surface area contributed by atoms with Crippen molar-refractivity contribution in [1.82, 2.24) is 9.29 Å². The molecule has 0 spiro atoms. The van der Waals surface area contributed by atoms with Gasteiger partial charge in [0.05, 0.1) is 31.1 Å². The number of hydrogen-bond acceptors (Lipinski definition) is 5. The summed E-state index contributed by atoms with van der Waals surface area (Å²) in [4.78, 5) is 15.7. The molecule has 1 aliphatic heterocycles. The Morgan fingerprint density at radius 2 is 1.78 bits per heavy atom. The number of benzene rings is 2. The molecule has 0 radical (unpaired) electrons. The van der Waals surface area contributed by atoms with Crippen LogP contribution in [0.2, 0.25) is 0 Å². The van der Waals surface area contributed by atoms with E-state index >= 15 is 0 Å². The number of aryl methyl sites for hydroxylation is 1. The molecular formula is C27H35N3O5S. The number of ether oxygens (including phenoxy) is 2. The lowest BCUT2D eigenvalue weighted by Crippen LogP contribution is -2.38. The molecule has 4 rings (SSSR count). The van der Waals surface area contributed by atoms with Gasteiger partial charge in [-0.05, 0) is 78.6 Å². The van der Waals surface area contributed by atoms with Gasteiger partial charge in [0.15, 0.2) is 11.5 Å². The highest BCUT2D eigenvalue weighted by atomic mass is 32.2. The Labute approximate surface area is 212 Å². The molecule has 8 nitrogen and oxygen atoms in total. The molecule has 1 aliphatic rings. The Morgan fingerprint density at radius 3 is 2.36 bits per heavy atom. The van der Waals surface area contributed by atoms with Crippen molar-refractivity contribution in [3.05, 3.63) is 47.2 Å². The Bertz CT molecular complexity index is 1370. The van der Waals surface area contributed by atoms with Crippen molar-refractivity contribution < 1.29 is 22.7 Å². The molecule has 3 N–H and O–H groups in total. The van der Waals surface area contributed by atoms with Gasteiger partial charge in [0.2, 0.25) is 10.0 Å². The molecule has 3 aromatic rings. The minimum absolute atomic E-state index is 0.113. The van der Waals surface area contributed by atoms with E-state index in [4.69, 9.17) is 15.2 Å². The largest absolute Gasteiger partial charge is 0.493 e. The first-order valence-corrected chi connectivity index (χ1v) is 14.0. The lowest BCUT2D eigenvalue weighted by molar-refractivity contribution is 0.100. The summed E-state index contributed by atoms with van der Waals surface area (Å²) in [6.07, 6.45) is 5.15. The molecule has 36 heavy (non-hydrogen) atoms. The van der Waals surface area contributed by atoms with E-state index in [0.29, 0.717) is 29.9 Å². The fraction of sp³-hybridized carbons (Fsp3) is 0.444. The zero-order chi connectivity index (χ0) is 26.0. The average molecular weight is 514 g/mol. The van der Waals surface area contributed by atoms with Crippen LogP contribution in [0.5, 0.6) is 11.5 Å². The van der Waals surface area contributed by atoms with Gasteiger partial charge in [0.1, 0.15) is 0 Å². The molecule has 0 atom stereocenters. The van der Waals surface area contributed by atoms with Crippen molar-refractivity contribution in [3.8, 4) is 22.6 Å². The van der Waals surface area contributed by atoms with E-state index < -0.39 is 15.9 Å². The number of amides is 1. The van der Waals surface area contributed by atoms with Crippen LogP contribution in [0.25, 0.3) is 22.0 Å². The van der Waals surface area contributed by atoms with Crippen molar-refractivity contribution in [1.29, 1.82) is 0 Å². The SMILES string of the molecule is CCCc1cc(-c2cc(C(N)=O)c3[nH]cc(C4CCN(S(=O)(=O)CC)CC4)c3c2)cc(OC)c1OC. The number of hydrogen-bond donors (Lipinski definition) is 2. The predicted molar refractivity (Wildman–Crippen MR) is 142 cm³/mol. The number of piperidine rings is 1. The Morgan fingerprint density at radius 1 is 1.08 bits per heavy atom. The highest BCUT2D eigenvalue weighted by Crippen LogP contribution is 2.40. The third kappa shape index (κ3) is 4.82. The highest BCUT2D eigenvalue weighted by molar-refractivity contribution is 7.89. The van der Waals surface area contributed by atoms with Gasteiger partial charge in [0, 0.05) is 24.7 Å². The van der Waals surface area contributed by atoms with E-state index in [2.05, 4.69) is 24.0 Å².